The summed E-state index contributed by atoms with van der Waals surface area (Å²) in [7, 11) is 0. The lowest BCUT2D eigenvalue weighted by molar-refractivity contribution is -0.123. The van der Waals surface area contributed by atoms with Crippen molar-refractivity contribution in [1.29, 1.82) is 5.26 Å². The van der Waals surface area contributed by atoms with Gasteiger partial charge in [-0.1, -0.05) is 30.3 Å². The fourth-order valence-corrected chi connectivity index (χ4v) is 2.50. The summed E-state index contributed by atoms with van der Waals surface area (Å²) in [5.74, 6) is 0.382. The lowest BCUT2D eigenvalue weighted by atomic mass is 10.0. The fraction of sp³-hybridized carbons (Fsp3) is 0.333. The average molecular weight is 247 g/mol. The molecule has 1 aliphatic heterocycles. The third-order valence-corrected chi connectivity index (χ3v) is 3.43. The molecule has 2 rings (SSSR count). The topological polar surface area (TPSA) is 64.9 Å². The van der Waals surface area contributed by atoms with Crippen molar-refractivity contribution >= 4 is 17.7 Å². The molecular formula is C12H13N3OS. The summed E-state index contributed by atoms with van der Waals surface area (Å²) < 4.78 is 0. The number of benzene rings is 1. The summed E-state index contributed by atoms with van der Waals surface area (Å²) in [4.78, 5) is 11.6. The van der Waals surface area contributed by atoms with E-state index in [1.54, 1.807) is 0 Å². The SMILES string of the molecule is N#CCSC1NC(=O)CC(c2ccccc2)N1. The quantitative estimate of drug-likeness (QED) is 0.847. The Balaban J connectivity index is 2.04. The minimum absolute atomic E-state index is 0.0213. The van der Waals surface area contributed by atoms with Crippen molar-refractivity contribution < 1.29 is 4.79 Å². The average Bonchev–Trinajstić information content (AvgIpc) is 2.37. The molecule has 2 N–H and O–H groups in total. The van der Waals surface area contributed by atoms with E-state index in [4.69, 9.17) is 5.26 Å². The molecule has 1 fully saturated rings. The molecule has 0 aromatic heterocycles. The number of thioether (sulfide) groups is 1. The van der Waals surface area contributed by atoms with Crippen molar-refractivity contribution in [3.05, 3.63) is 35.9 Å². The molecule has 0 radical (unpaired) electrons. The lowest BCUT2D eigenvalue weighted by Crippen LogP contribution is -2.51. The summed E-state index contributed by atoms with van der Waals surface area (Å²) in [6.07, 6.45) is 0.438. The molecule has 17 heavy (non-hydrogen) atoms. The first-order valence-electron chi connectivity index (χ1n) is 5.38. The Morgan fingerprint density at radius 1 is 1.41 bits per heavy atom. The number of carbonyl (C=O) groups is 1. The minimum Gasteiger partial charge on any atom is -0.332 e. The van der Waals surface area contributed by atoms with Crippen LogP contribution in [0.15, 0.2) is 30.3 Å². The van der Waals surface area contributed by atoms with Gasteiger partial charge in [-0.05, 0) is 5.56 Å². The van der Waals surface area contributed by atoms with Crippen LogP contribution in [-0.4, -0.2) is 17.2 Å². The van der Waals surface area contributed by atoms with Crippen LogP contribution in [0.2, 0.25) is 0 Å². The summed E-state index contributed by atoms with van der Waals surface area (Å²) in [5.41, 5.74) is 0.922. The summed E-state index contributed by atoms with van der Waals surface area (Å²) >= 11 is 1.40. The largest absolute Gasteiger partial charge is 0.332 e. The number of nitrogens with one attached hydrogen (secondary N) is 2. The molecule has 1 aromatic rings. The Morgan fingerprint density at radius 3 is 2.88 bits per heavy atom. The number of amides is 1. The maximum atomic E-state index is 11.6. The van der Waals surface area contributed by atoms with E-state index in [0.717, 1.165) is 5.56 Å². The number of carbonyl (C=O) groups excluding carboxylic acids is 1. The van der Waals surface area contributed by atoms with Gasteiger partial charge in [0.05, 0.1) is 11.8 Å². The van der Waals surface area contributed by atoms with E-state index in [9.17, 15) is 4.79 Å². The normalized spacial score (nSPS) is 23.8. The van der Waals surface area contributed by atoms with Gasteiger partial charge in [0, 0.05) is 12.5 Å². The van der Waals surface area contributed by atoms with Crippen molar-refractivity contribution in [1.82, 2.24) is 10.6 Å². The maximum Gasteiger partial charge on any atom is 0.223 e. The smallest absolute Gasteiger partial charge is 0.223 e. The van der Waals surface area contributed by atoms with Crippen LogP contribution >= 0.6 is 11.8 Å². The molecule has 4 nitrogen and oxygen atoms in total. The van der Waals surface area contributed by atoms with Crippen LogP contribution in [0.25, 0.3) is 0 Å². The minimum atomic E-state index is -0.180. The lowest BCUT2D eigenvalue weighted by Gasteiger charge is -2.31. The van der Waals surface area contributed by atoms with Gasteiger partial charge in [0.1, 0.15) is 5.50 Å². The number of nitrogens with zero attached hydrogens (tertiary/aromatic N) is 1. The Hall–Kier alpha value is -1.51. The van der Waals surface area contributed by atoms with Gasteiger partial charge in [-0.3, -0.25) is 10.1 Å². The molecule has 2 unspecified atom stereocenters. The summed E-state index contributed by atoms with van der Waals surface area (Å²) in [6, 6.07) is 12.0. The highest BCUT2D eigenvalue weighted by Gasteiger charge is 2.26. The van der Waals surface area contributed by atoms with E-state index >= 15 is 0 Å². The maximum absolute atomic E-state index is 11.6. The molecule has 1 saturated heterocycles. The van der Waals surface area contributed by atoms with Crippen LogP contribution in [0, 0.1) is 11.3 Å². The molecule has 5 heteroatoms. The van der Waals surface area contributed by atoms with Crippen molar-refractivity contribution in [3.63, 3.8) is 0 Å². The van der Waals surface area contributed by atoms with Crippen molar-refractivity contribution in [2.75, 3.05) is 5.75 Å². The first-order valence-corrected chi connectivity index (χ1v) is 6.43. The Morgan fingerprint density at radius 2 is 2.18 bits per heavy atom. The van der Waals surface area contributed by atoms with Crippen molar-refractivity contribution in [2.24, 2.45) is 0 Å². The standard InChI is InChI=1S/C12H13N3OS/c13-6-7-17-12-14-10(8-11(16)15-12)9-4-2-1-3-5-9/h1-5,10,12,14H,7-8H2,(H,15,16). The number of hydrogen-bond donors (Lipinski definition) is 2. The van der Waals surface area contributed by atoms with E-state index in [0.29, 0.717) is 12.2 Å². The van der Waals surface area contributed by atoms with Crippen LogP contribution in [0.5, 0.6) is 0 Å². The molecule has 1 heterocycles. The molecular weight excluding hydrogens is 234 g/mol. The number of hydrogen-bond acceptors (Lipinski definition) is 4. The van der Waals surface area contributed by atoms with Crippen LogP contribution in [-0.2, 0) is 4.79 Å². The van der Waals surface area contributed by atoms with Gasteiger partial charge in [-0.2, -0.15) is 5.26 Å². The van der Waals surface area contributed by atoms with Gasteiger partial charge in [0.25, 0.3) is 0 Å². The predicted octanol–water partition coefficient (Wildman–Crippen LogP) is 1.38. The van der Waals surface area contributed by atoms with Crippen LogP contribution < -0.4 is 10.6 Å². The molecule has 1 amide bonds. The highest BCUT2D eigenvalue weighted by Crippen LogP contribution is 2.22. The van der Waals surface area contributed by atoms with E-state index in [1.807, 2.05) is 30.3 Å². The second-order valence-corrected chi connectivity index (χ2v) is 4.84. The van der Waals surface area contributed by atoms with E-state index in [2.05, 4.69) is 16.7 Å². The number of nitriles is 1. The molecule has 88 valence electrons. The van der Waals surface area contributed by atoms with Gasteiger partial charge in [-0.15, -0.1) is 11.8 Å². The van der Waals surface area contributed by atoms with Crippen molar-refractivity contribution in [3.8, 4) is 6.07 Å². The van der Waals surface area contributed by atoms with Gasteiger partial charge >= 0.3 is 0 Å². The third-order valence-electron chi connectivity index (χ3n) is 2.55. The number of rotatable bonds is 3. The zero-order chi connectivity index (χ0) is 12.1. The van der Waals surface area contributed by atoms with E-state index in [1.165, 1.54) is 11.8 Å². The van der Waals surface area contributed by atoms with Crippen LogP contribution in [0.3, 0.4) is 0 Å². The van der Waals surface area contributed by atoms with Gasteiger partial charge in [0.15, 0.2) is 0 Å². The molecule has 2 atom stereocenters. The van der Waals surface area contributed by atoms with Crippen molar-refractivity contribution in [2.45, 2.75) is 18.0 Å². The second-order valence-electron chi connectivity index (χ2n) is 3.75. The summed E-state index contributed by atoms with van der Waals surface area (Å²) in [5, 5.41) is 14.7. The third kappa shape index (κ3) is 3.22. The van der Waals surface area contributed by atoms with Crippen LogP contribution in [0.1, 0.15) is 18.0 Å². The first-order chi connectivity index (χ1) is 8.29. The van der Waals surface area contributed by atoms with Gasteiger partial charge in [0.2, 0.25) is 5.91 Å². The Kier molecular flexibility index (Phi) is 4.02. The van der Waals surface area contributed by atoms with Gasteiger partial charge < -0.3 is 5.32 Å². The first kappa shape index (κ1) is 12.0. The Bertz CT molecular complexity index is 429. The molecule has 1 aliphatic rings. The van der Waals surface area contributed by atoms with Gasteiger partial charge in [-0.25, -0.2) is 0 Å². The zero-order valence-corrected chi connectivity index (χ0v) is 10.0. The Labute approximate surface area is 104 Å². The van der Waals surface area contributed by atoms with E-state index < -0.39 is 0 Å². The monoisotopic (exact) mass is 247 g/mol. The zero-order valence-electron chi connectivity index (χ0n) is 9.22. The second kappa shape index (κ2) is 5.71. The molecule has 0 spiro atoms. The van der Waals surface area contributed by atoms with Crippen LogP contribution in [0.4, 0.5) is 0 Å². The molecule has 1 aromatic carbocycles. The fourth-order valence-electron chi connectivity index (χ4n) is 1.78. The molecule has 0 bridgehead atoms. The molecule has 0 aliphatic carbocycles. The summed E-state index contributed by atoms with van der Waals surface area (Å²) in [6.45, 7) is 0. The molecule has 0 saturated carbocycles. The highest BCUT2D eigenvalue weighted by atomic mass is 32.2. The predicted molar refractivity (Wildman–Crippen MR) is 66.9 cm³/mol. The van der Waals surface area contributed by atoms with E-state index in [-0.39, 0.29) is 17.4 Å². The highest BCUT2D eigenvalue weighted by molar-refractivity contribution is 8.00.